The van der Waals surface area contributed by atoms with Gasteiger partial charge in [-0.15, -0.1) is 0 Å². The first-order valence-electron chi connectivity index (χ1n) is 37.7. The van der Waals surface area contributed by atoms with Crippen LogP contribution in [0.3, 0.4) is 0 Å². The molecule has 0 bridgehead atoms. The number of hydrogen-bond acceptors (Lipinski definition) is 8. The van der Waals surface area contributed by atoms with Crippen LogP contribution in [0.4, 0.5) is 0 Å². The number of ether oxygens (including phenoxy) is 2. The topological polar surface area (TPSA) is 149 Å². The van der Waals surface area contributed by atoms with Gasteiger partial charge in [-0.25, -0.2) is 0 Å². The van der Waals surface area contributed by atoms with Crippen molar-refractivity contribution in [2.75, 3.05) is 13.2 Å². The molecule has 1 heterocycles. The van der Waals surface area contributed by atoms with E-state index in [1.54, 1.807) is 6.08 Å². The van der Waals surface area contributed by atoms with E-state index in [1.807, 2.05) is 6.08 Å². The molecule has 7 unspecified atom stereocenters. The minimum absolute atomic E-state index is 0.182. The molecule has 9 heteroatoms. The number of aliphatic hydroxyl groups excluding tert-OH is 5. The number of unbranched alkanes of at least 4 members (excludes halogenated alkanes) is 53. The maximum atomic E-state index is 13.1. The Morgan fingerprint density at radius 3 is 0.988 bits per heavy atom. The van der Waals surface area contributed by atoms with E-state index in [-0.39, 0.29) is 12.5 Å². The van der Waals surface area contributed by atoms with E-state index in [1.165, 1.54) is 321 Å². The Kier molecular flexibility index (Phi) is 62.6. The van der Waals surface area contributed by atoms with Crippen molar-refractivity contribution in [2.45, 2.75) is 429 Å². The van der Waals surface area contributed by atoms with Gasteiger partial charge in [0.15, 0.2) is 6.29 Å². The van der Waals surface area contributed by atoms with Gasteiger partial charge in [-0.3, -0.25) is 4.79 Å². The molecule has 0 aromatic rings. The van der Waals surface area contributed by atoms with Gasteiger partial charge in [0.25, 0.3) is 0 Å². The second-order valence-electron chi connectivity index (χ2n) is 26.4. The average Bonchev–Trinajstić information content (AvgIpc) is 3.71. The minimum atomic E-state index is -1.58. The van der Waals surface area contributed by atoms with Crippen LogP contribution >= 0.6 is 0 Å². The highest BCUT2D eigenvalue weighted by molar-refractivity contribution is 5.76. The van der Waals surface area contributed by atoms with Crippen molar-refractivity contribution in [3.8, 4) is 0 Å². The largest absolute Gasteiger partial charge is 0.394 e. The number of aliphatic hydroxyl groups is 5. The van der Waals surface area contributed by atoms with Gasteiger partial charge >= 0.3 is 0 Å². The lowest BCUT2D eigenvalue weighted by molar-refractivity contribution is -0.302. The number of allylic oxidation sites excluding steroid dienone is 5. The van der Waals surface area contributed by atoms with Crippen molar-refractivity contribution < 1.29 is 39.8 Å². The number of nitrogens with one attached hydrogen (secondary N) is 1. The molecule has 1 amide bonds. The standard InChI is InChI=1S/C76H145NO8/c1-3-5-7-9-11-13-15-17-19-21-23-25-27-29-31-33-34-35-36-37-38-40-42-44-46-48-50-52-54-56-58-60-62-64-66-72(80)77-69(68-84-76-75(83)74(82)73(81)71(67-78)85-76)70(79)65-63-61-59-57-55-53-51-49-47-45-43-41-39-32-30-28-26-24-22-20-18-16-14-12-10-8-6-4-2/h47,49,55,57,63,65,69-71,73-76,78-79,81-83H,3-46,48,50-54,56,58-62,64,66-68H2,1-2H3,(H,77,80)/b49-47+,57-55+,65-63+. The van der Waals surface area contributed by atoms with E-state index in [4.69, 9.17) is 9.47 Å². The second-order valence-corrected chi connectivity index (χ2v) is 26.4. The third-order valence-corrected chi connectivity index (χ3v) is 18.2. The van der Waals surface area contributed by atoms with E-state index < -0.39 is 49.5 Å². The highest BCUT2D eigenvalue weighted by Gasteiger charge is 2.44. The molecular weight excluding hydrogens is 1050 g/mol. The Morgan fingerprint density at radius 2 is 0.671 bits per heavy atom. The lowest BCUT2D eigenvalue weighted by Gasteiger charge is -2.40. The first kappa shape index (κ1) is 81.4. The molecule has 0 aromatic carbocycles. The first-order chi connectivity index (χ1) is 41.8. The predicted octanol–water partition coefficient (Wildman–Crippen LogP) is 21.0. The van der Waals surface area contributed by atoms with Crippen molar-refractivity contribution >= 4 is 5.91 Å². The summed E-state index contributed by atoms with van der Waals surface area (Å²) in [6, 6.07) is -0.828. The van der Waals surface area contributed by atoms with Gasteiger partial charge in [-0.2, -0.15) is 0 Å². The fourth-order valence-corrected chi connectivity index (χ4v) is 12.3. The van der Waals surface area contributed by atoms with Crippen LogP contribution in [0.25, 0.3) is 0 Å². The summed E-state index contributed by atoms with van der Waals surface area (Å²) < 4.78 is 11.3. The van der Waals surface area contributed by atoms with Gasteiger partial charge < -0.3 is 40.3 Å². The number of carbonyl (C=O) groups excluding carboxylic acids is 1. The van der Waals surface area contributed by atoms with Crippen LogP contribution in [0, 0.1) is 0 Å². The molecule has 1 saturated heterocycles. The summed E-state index contributed by atoms with van der Waals surface area (Å²) in [6.45, 7) is 3.82. The van der Waals surface area contributed by atoms with Gasteiger partial charge in [0.05, 0.1) is 25.4 Å². The molecule has 9 nitrogen and oxygen atoms in total. The zero-order valence-electron chi connectivity index (χ0n) is 56.4. The molecule has 1 rings (SSSR count). The molecule has 7 atom stereocenters. The summed E-state index contributed by atoms with van der Waals surface area (Å²) in [6.07, 6.45) is 81.4. The lowest BCUT2D eigenvalue weighted by atomic mass is 9.99. The van der Waals surface area contributed by atoms with Gasteiger partial charge in [-0.1, -0.05) is 371 Å². The van der Waals surface area contributed by atoms with E-state index in [2.05, 4.69) is 43.5 Å². The first-order valence-corrected chi connectivity index (χ1v) is 37.7. The summed E-state index contributed by atoms with van der Waals surface area (Å²) in [7, 11) is 0. The van der Waals surface area contributed by atoms with Crippen molar-refractivity contribution in [1.82, 2.24) is 5.32 Å². The van der Waals surface area contributed by atoms with Crippen molar-refractivity contribution in [1.29, 1.82) is 0 Å². The van der Waals surface area contributed by atoms with Gasteiger partial charge in [0, 0.05) is 6.42 Å². The molecular formula is C76H145NO8. The van der Waals surface area contributed by atoms with Crippen LogP contribution in [0.15, 0.2) is 36.5 Å². The molecule has 0 radical (unpaired) electrons. The zero-order valence-corrected chi connectivity index (χ0v) is 56.4. The van der Waals surface area contributed by atoms with Crippen LogP contribution in [0.2, 0.25) is 0 Å². The molecule has 502 valence electrons. The minimum Gasteiger partial charge on any atom is -0.394 e. The molecule has 0 spiro atoms. The van der Waals surface area contributed by atoms with E-state index in [0.717, 1.165) is 44.9 Å². The fraction of sp³-hybridized carbons (Fsp3) is 0.908. The van der Waals surface area contributed by atoms with Crippen LogP contribution in [-0.4, -0.2) is 87.5 Å². The predicted molar refractivity (Wildman–Crippen MR) is 364 cm³/mol. The quantitative estimate of drug-likeness (QED) is 0.0261. The smallest absolute Gasteiger partial charge is 0.220 e. The summed E-state index contributed by atoms with van der Waals surface area (Å²) in [5.41, 5.74) is 0. The van der Waals surface area contributed by atoms with Crippen molar-refractivity contribution in [3.05, 3.63) is 36.5 Å². The second kappa shape index (κ2) is 65.4. The lowest BCUT2D eigenvalue weighted by Crippen LogP contribution is -2.60. The van der Waals surface area contributed by atoms with Gasteiger partial charge in [-0.05, 0) is 44.9 Å². The Balaban J connectivity index is 2.11. The summed E-state index contributed by atoms with van der Waals surface area (Å²) >= 11 is 0. The van der Waals surface area contributed by atoms with Crippen LogP contribution in [0.1, 0.15) is 386 Å². The van der Waals surface area contributed by atoms with Crippen LogP contribution in [0.5, 0.6) is 0 Å². The van der Waals surface area contributed by atoms with Gasteiger partial charge in [0.2, 0.25) is 5.91 Å². The molecule has 85 heavy (non-hydrogen) atoms. The monoisotopic (exact) mass is 1200 g/mol. The highest BCUT2D eigenvalue weighted by atomic mass is 16.7. The Bertz CT molecular complexity index is 1440. The number of rotatable bonds is 67. The maximum Gasteiger partial charge on any atom is 0.220 e. The third kappa shape index (κ3) is 53.9. The molecule has 1 fully saturated rings. The Hall–Kier alpha value is -1.59. The SMILES string of the molecule is CCCCCCCCCCCCCCCCCCCC/C=C/CC/C=C/CC/C=C/C(O)C(COC1OC(CO)C(O)C(O)C1O)NC(=O)CCCCCCCCCCCCCCCCCCCCCCCCCCCCCCCCCCCC. The molecule has 0 aromatic heterocycles. The van der Waals surface area contributed by atoms with Crippen molar-refractivity contribution in [3.63, 3.8) is 0 Å². The molecule has 0 saturated carbocycles. The van der Waals surface area contributed by atoms with E-state index >= 15 is 0 Å². The maximum absolute atomic E-state index is 13.1. The summed E-state index contributed by atoms with van der Waals surface area (Å²) in [5.74, 6) is -0.182. The fourth-order valence-electron chi connectivity index (χ4n) is 12.3. The van der Waals surface area contributed by atoms with Crippen molar-refractivity contribution in [2.24, 2.45) is 0 Å². The number of amides is 1. The number of hydrogen-bond donors (Lipinski definition) is 6. The average molecular weight is 1200 g/mol. The molecule has 6 N–H and O–H groups in total. The van der Waals surface area contributed by atoms with E-state index in [0.29, 0.717) is 6.42 Å². The Labute approximate surface area is 527 Å². The molecule has 1 aliphatic rings. The third-order valence-electron chi connectivity index (χ3n) is 18.2. The summed E-state index contributed by atoms with van der Waals surface area (Å²) in [4.78, 5) is 13.1. The van der Waals surface area contributed by atoms with Crippen LogP contribution < -0.4 is 5.32 Å². The molecule has 0 aliphatic carbocycles. The number of carbonyl (C=O) groups is 1. The van der Waals surface area contributed by atoms with Crippen LogP contribution in [-0.2, 0) is 14.3 Å². The molecule has 1 aliphatic heterocycles. The van der Waals surface area contributed by atoms with E-state index in [9.17, 15) is 30.3 Å². The summed E-state index contributed by atoms with van der Waals surface area (Å²) in [5, 5.41) is 54.8. The highest BCUT2D eigenvalue weighted by Crippen LogP contribution is 2.24. The van der Waals surface area contributed by atoms with Gasteiger partial charge in [0.1, 0.15) is 24.4 Å². The normalized spacial score (nSPS) is 18.2. The Morgan fingerprint density at radius 1 is 0.388 bits per heavy atom. The zero-order chi connectivity index (χ0) is 61.4.